The van der Waals surface area contributed by atoms with Gasteiger partial charge >= 0.3 is 0 Å². The lowest BCUT2D eigenvalue weighted by atomic mass is 9.88. The van der Waals surface area contributed by atoms with Crippen molar-refractivity contribution in [2.24, 2.45) is 5.92 Å². The second kappa shape index (κ2) is 8.40. The van der Waals surface area contributed by atoms with E-state index in [1.54, 1.807) is 31.3 Å². The molecule has 3 rings (SSSR count). The van der Waals surface area contributed by atoms with Crippen molar-refractivity contribution in [3.63, 3.8) is 0 Å². The Bertz CT molecular complexity index is 891. The van der Waals surface area contributed by atoms with Crippen LogP contribution >= 0.6 is 11.6 Å². The van der Waals surface area contributed by atoms with Crippen molar-refractivity contribution in [2.45, 2.75) is 44.8 Å². The zero-order valence-corrected chi connectivity index (χ0v) is 16.0. The predicted octanol–water partition coefficient (Wildman–Crippen LogP) is 3.47. The number of aromatic nitrogens is 1. The summed E-state index contributed by atoms with van der Waals surface area (Å²) in [6.45, 7) is 2.05. The van der Waals surface area contributed by atoms with E-state index in [4.69, 9.17) is 11.6 Å². The Morgan fingerprint density at radius 1 is 1.30 bits per heavy atom. The number of fused-ring (bicyclic) bond motifs is 1. The molecule has 1 aromatic heterocycles. The summed E-state index contributed by atoms with van der Waals surface area (Å²) in [5, 5.41) is 13.3. The summed E-state index contributed by atoms with van der Waals surface area (Å²) >= 11 is 6.26. The van der Waals surface area contributed by atoms with Crippen LogP contribution in [0.5, 0.6) is 0 Å². The molecule has 1 fully saturated rings. The minimum absolute atomic E-state index is 0.159. The zero-order valence-electron chi connectivity index (χ0n) is 15.3. The quantitative estimate of drug-likeness (QED) is 0.815. The van der Waals surface area contributed by atoms with Crippen LogP contribution in [0.2, 0.25) is 5.02 Å². The van der Waals surface area contributed by atoms with Crippen LogP contribution in [-0.4, -0.2) is 34.9 Å². The first kappa shape index (κ1) is 19.8. The number of alkyl halides is 1. The van der Waals surface area contributed by atoms with Crippen molar-refractivity contribution in [1.82, 2.24) is 9.88 Å². The monoisotopic (exact) mass is 394 g/mol. The average Bonchev–Trinajstić information content (AvgIpc) is 2.67. The molecule has 2 N–H and O–H groups in total. The second-order valence-corrected chi connectivity index (χ2v) is 7.68. The van der Waals surface area contributed by atoms with Crippen LogP contribution in [0.15, 0.2) is 29.2 Å². The Balaban J connectivity index is 1.87. The number of hydrogen-bond donors (Lipinski definition) is 2. The third-order valence-electron chi connectivity index (χ3n) is 5.36. The summed E-state index contributed by atoms with van der Waals surface area (Å²) in [7, 11) is 0. The Hall–Kier alpha value is -1.92. The molecular weight excluding hydrogens is 371 g/mol. The van der Waals surface area contributed by atoms with Crippen molar-refractivity contribution in [1.29, 1.82) is 0 Å². The molecule has 0 bridgehead atoms. The largest absolute Gasteiger partial charge is 0.394 e. The van der Waals surface area contributed by atoms with Gasteiger partial charge in [0.05, 0.1) is 23.2 Å². The average molecular weight is 395 g/mol. The van der Waals surface area contributed by atoms with Gasteiger partial charge in [-0.1, -0.05) is 11.6 Å². The summed E-state index contributed by atoms with van der Waals surface area (Å²) in [5.41, 5.74) is -0.00437. The summed E-state index contributed by atoms with van der Waals surface area (Å²) in [6, 6.07) is 4.46. The standard InChI is InChI=1S/C20H24ClFN2O3/c1-12(11-25)24-9-8-15-16(20(24)27)6-7-17(21)18(15)19(26)23-10-13-2-4-14(22)5-3-13/h6-9,12-14,25H,2-5,10-11H2,1H3,(H,23,26)/t12-,13?,14?/m1/s1. The normalized spacial score (nSPS) is 21.2. The van der Waals surface area contributed by atoms with Crippen molar-refractivity contribution < 1.29 is 14.3 Å². The van der Waals surface area contributed by atoms with Crippen LogP contribution in [0, 0.1) is 5.92 Å². The summed E-state index contributed by atoms with van der Waals surface area (Å²) in [4.78, 5) is 25.4. The molecule has 1 heterocycles. The first-order valence-corrected chi connectivity index (χ1v) is 9.66. The van der Waals surface area contributed by atoms with Crippen LogP contribution in [0.25, 0.3) is 10.8 Å². The molecule has 0 saturated heterocycles. The van der Waals surface area contributed by atoms with Gasteiger partial charge in [-0.3, -0.25) is 9.59 Å². The topological polar surface area (TPSA) is 71.3 Å². The SMILES string of the molecule is C[C@H](CO)n1ccc2c(C(=O)NCC3CCC(F)CC3)c(Cl)ccc2c1=O. The van der Waals surface area contributed by atoms with Gasteiger partial charge < -0.3 is 15.0 Å². The molecule has 1 aliphatic carbocycles. The molecule has 1 aromatic carbocycles. The maximum atomic E-state index is 13.2. The lowest BCUT2D eigenvalue weighted by molar-refractivity contribution is 0.0941. The second-order valence-electron chi connectivity index (χ2n) is 7.27. The van der Waals surface area contributed by atoms with Gasteiger partial charge in [-0.05, 0) is 56.7 Å². The van der Waals surface area contributed by atoms with Crippen LogP contribution in [0.1, 0.15) is 49.0 Å². The van der Waals surface area contributed by atoms with Gasteiger partial charge in [0.2, 0.25) is 0 Å². The highest BCUT2D eigenvalue weighted by atomic mass is 35.5. The van der Waals surface area contributed by atoms with Gasteiger partial charge in [0, 0.05) is 23.5 Å². The predicted molar refractivity (Wildman–Crippen MR) is 104 cm³/mol. The number of carbonyl (C=O) groups is 1. The number of pyridine rings is 1. The highest BCUT2D eigenvalue weighted by Crippen LogP contribution is 2.27. The molecule has 1 amide bonds. The van der Waals surface area contributed by atoms with Crippen molar-refractivity contribution >= 4 is 28.3 Å². The number of hydrogen-bond acceptors (Lipinski definition) is 3. The van der Waals surface area contributed by atoms with Crippen LogP contribution in [0.4, 0.5) is 4.39 Å². The zero-order chi connectivity index (χ0) is 19.6. The van der Waals surface area contributed by atoms with Gasteiger partial charge in [-0.25, -0.2) is 4.39 Å². The Morgan fingerprint density at radius 2 is 2.00 bits per heavy atom. The number of amides is 1. The molecule has 1 saturated carbocycles. The highest BCUT2D eigenvalue weighted by molar-refractivity contribution is 6.35. The fraction of sp³-hybridized carbons (Fsp3) is 0.500. The maximum Gasteiger partial charge on any atom is 0.258 e. The van der Waals surface area contributed by atoms with E-state index in [1.165, 1.54) is 4.57 Å². The number of aliphatic hydroxyl groups is 1. The highest BCUT2D eigenvalue weighted by Gasteiger charge is 2.22. The number of benzene rings is 1. The molecule has 5 nitrogen and oxygen atoms in total. The van der Waals surface area contributed by atoms with E-state index >= 15 is 0 Å². The Morgan fingerprint density at radius 3 is 2.67 bits per heavy atom. The Kier molecular flexibility index (Phi) is 6.17. The first-order chi connectivity index (χ1) is 12.9. The van der Waals surface area contributed by atoms with Crippen molar-refractivity contribution in [2.75, 3.05) is 13.2 Å². The molecular formula is C20H24ClFN2O3. The number of carbonyl (C=O) groups excluding carboxylic acids is 1. The van der Waals surface area contributed by atoms with Gasteiger partial charge in [0.15, 0.2) is 0 Å². The third kappa shape index (κ3) is 4.17. The molecule has 2 aromatic rings. The van der Waals surface area contributed by atoms with E-state index in [-0.39, 0.29) is 40.6 Å². The molecule has 0 aliphatic heterocycles. The van der Waals surface area contributed by atoms with Crippen LogP contribution in [0.3, 0.4) is 0 Å². The van der Waals surface area contributed by atoms with E-state index in [0.717, 1.165) is 12.8 Å². The van der Waals surface area contributed by atoms with Gasteiger partial charge in [-0.15, -0.1) is 0 Å². The van der Waals surface area contributed by atoms with Crippen LogP contribution < -0.4 is 10.9 Å². The molecule has 1 atom stereocenters. The van der Waals surface area contributed by atoms with E-state index < -0.39 is 6.17 Å². The maximum absolute atomic E-state index is 13.2. The first-order valence-electron chi connectivity index (χ1n) is 9.28. The Labute approximate surface area is 162 Å². The van der Waals surface area contributed by atoms with Crippen molar-refractivity contribution in [3.05, 3.63) is 45.3 Å². The molecule has 1 aliphatic rings. The number of aliphatic hydroxyl groups excluding tert-OH is 1. The van der Waals surface area contributed by atoms with Crippen molar-refractivity contribution in [3.8, 4) is 0 Å². The van der Waals surface area contributed by atoms with Crippen LogP contribution in [-0.2, 0) is 0 Å². The van der Waals surface area contributed by atoms with Gasteiger partial charge in [-0.2, -0.15) is 0 Å². The number of nitrogens with zero attached hydrogens (tertiary/aromatic N) is 1. The molecule has 0 radical (unpaired) electrons. The smallest absolute Gasteiger partial charge is 0.258 e. The number of halogens is 2. The van der Waals surface area contributed by atoms with E-state index in [2.05, 4.69) is 5.32 Å². The molecule has 0 spiro atoms. The van der Waals surface area contributed by atoms with E-state index in [0.29, 0.717) is 30.2 Å². The lowest BCUT2D eigenvalue weighted by Crippen LogP contribution is -2.32. The molecule has 0 unspecified atom stereocenters. The van der Waals surface area contributed by atoms with E-state index in [1.807, 2.05) is 0 Å². The lowest BCUT2D eigenvalue weighted by Gasteiger charge is -2.24. The molecule has 27 heavy (non-hydrogen) atoms. The van der Waals surface area contributed by atoms with Gasteiger partial charge in [0.1, 0.15) is 6.17 Å². The van der Waals surface area contributed by atoms with Gasteiger partial charge in [0.25, 0.3) is 11.5 Å². The molecule has 7 heteroatoms. The fourth-order valence-electron chi connectivity index (χ4n) is 3.63. The summed E-state index contributed by atoms with van der Waals surface area (Å²) < 4.78 is 14.7. The molecule has 146 valence electrons. The third-order valence-corrected chi connectivity index (χ3v) is 5.67. The number of nitrogens with one attached hydrogen (secondary N) is 1. The minimum atomic E-state index is -0.729. The fourth-order valence-corrected chi connectivity index (χ4v) is 3.88. The summed E-state index contributed by atoms with van der Waals surface area (Å²) in [6.07, 6.45) is 3.44. The van der Waals surface area contributed by atoms with E-state index in [9.17, 15) is 19.1 Å². The summed E-state index contributed by atoms with van der Waals surface area (Å²) in [5.74, 6) is -0.0716. The minimum Gasteiger partial charge on any atom is -0.394 e. The number of rotatable bonds is 5.